The van der Waals surface area contributed by atoms with Crippen molar-refractivity contribution in [3.63, 3.8) is 0 Å². The lowest BCUT2D eigenvalue weighted by atomic mass is 10.1. The molecular weight excluding hydrogens is 410 g/mol. The number of anilines is 1. The van der Waals surface area contributed by atoms with E-state index in [1.54, 1.807) is 54.6 Å². The molecule has 0 aliphatic rings. The molecule has 27 heavy (non-hydrogen) atoms. The van der Waals surface area contributed by atoms with Gasteiger partial charge in [-0.2, -0.15) is 5.10 Å². The highest BCUT2D eigenvalue weighted by Crippen LogP contribution is 2.18. The molecule has 3 aromatic rings. The zero-order valence-corrected chi connectivity index (χ0v) is 16.0. The van der Waals surface area contributed by atoms with E-state index in [0.29, 0.717) is 22.6 Å². The third-order valence-electron chi connectivity index (χ3n) is 3.63. The van der Waals surface area contributed by atoms with E-state index in [4.69, 9.17) is 4.42 Å². The molecule has 0 radical (unpaired) electrons. The number of carbonyl (C=O) groups is 2. The van der Waals surface area contributed by atoms with Gasteiger partial charge in [0.05, 0.1) is 17.5 Å². The van der Waals surface area contributed by atoms with Gasteiger partial charge < -0.3 is 9.73 Å². The van der Waals surface area contributed by atoms with E-state index in [1.807, 2.05) is 13.0 Å². The van der Waals surface area contributed by atoms with Crippen LogP contribution in [-0.4, -0.2) is 18.0 Å². The summed E-state index contributed by atoms with van der Waals surface area (Å²) >= 11 is 3.34. The molecule has 0 aliphatic heterocycles. The van der Waals surface area contributed by atoms with Gasteiger partial charge in [0.1, 0.15) is 11.5 Å². The summed E-state index contributed by atoms with van der Waals surface area (Å²) in [6, 6.07) is 17.3. The van der Waals surface area contributed by atoms with Crippen molar-refractivity contribution in [3.8, 4) is 0 Å². The highest BCUT2D eigenvalue weighted by Gasteiger charge is 2.14. The number of aryl methyl sites for hydroxylation is 1. The Morgan fingerprint density at radius 1 is 1.04 bits per heavy atom. The lowest BCUT2D eigenvalue weighted by Gasteiger charge is -2.10. The second kappa shape index (κ2) is 8.46. The molecule has 2 aromatic carbocycles. The number of benzene rings is 2. The van der Waals surface area contributed by atoms with Crippen LogP contribution in [0.4, 0.5) is 5.69 Å². The predicted molar refractivity (Wildman–Crippen MR) is 107 cm³/mol. The molecule has 0 spiro atoms. The van der Waals surface area contributed by atoms with E-state index < -0.39 is 5.91 Å². The molecule has 0 fully saturated rings. The molecule has 1 heterocycles. The molecule has 1 aromatic heterocycles. The first-order chi connectivity index (χ1) is 13.0. The lowest BCUT2D eigenvalue weighted by Crippen LogP contribution is -2.21. The maximum absolute atomic E-state index is 12.4. The summed E-state index contributed by atoms with van der Waals surface area (Å²) in [5.74, 6) is 0.526. The zero-order chi connectivity index (χ0) is 19.2. The number of halogens is 1. The molecule has 136 valence electrons. The Labute approximate surface area is 164 Å². The number of furan rings is 1. The number of rotatable bonds is 5. The monoisotopic (exact) mass is 425 g/mol. The van der Waals surface area contributed by atoms with E-state index in [9.17, 15) is 9.59 Å². The van der Waals surface area contributed by atoms with Crippen molar-refractivity contribution in [1.82, 2.24) is 5.43 Å². The number of nitrogens with zero attached hydrogens (tertiary/aromatic N) is 1. The van der Waals surface area contributed by atoms with Gasteiger partial charge in [0, 0.05) is 10.0 Å². The molecule has 0 saturated carbocycles. The number of nitrogens with one attached hydrogen (secondary N) is 2. The molecule has 0 bridgehead atoms. The first kappa shape index (κ1) is 18.6. The highest BCUT2D eigenvalue weighted by atomic mass is 79.9. The van der Waals surface area contributed by atoms with Gasteiger partial charge in [0.15, 0.2) is 0 Å². The number of hydrogen-bond acceptors (Lipinski definition) is 4. The van der Waals surface area contributed by atoms with Crippen LogP contribution < -0.4 is 10.7 Å². The van der Waals surface area contributed by atoms with Crippen LogP contribution in [0, 0.1) is 6.92 Å². The first-order valence-electron chi connectivity index (χ1n) is 8.09. The van der Waals surface area contributed by atoms with Gasteiger partial charge >= 0.3 is 0 Å². The Morgan fingerprint density at radius 2 is 1.85 bits per heavy atom. The fraction of sp³-hybridized carbons (Fsp3) is 0.0500. The average molecular weight is 426 g/mol. The van der Waals surface area contributed by atoms with Gasteiger partial charge in [-0.1, -0.05) is 34.1 Å². The van der Waals surface area contributed by atoms with E-state index in [-0.39, 0.29) is 5.91 Å². The van der Waals surface area contributed by atoms with E-state index in [1.165, 1.54) is 6.21 Å². The Balaban J connectivity index is 1.72. The van der Waals surface area contributed by atoms with Gasteiger partial charge in [-0.05, 0) is 49.4 Å². The number of hydrogen-bond donors (Lipinski definition) is 2. The summed E-state index contributed by atoms with van der Waals surface area (Å²) < 4.78 is 6.14. The van der Waals surface area contributed by atoms with Crippen LogP contribution in [-0.2, 0) is 0 Å². The lowest BCUT2D eigenvalue weighted by molar-refractivity contribution is 0.0956. The zero-order valence-electron chi connectivity index (χ0n) is 14.4. The van der Waals surface area contributed by atoms with Crippen molar-refractivity contribution in [2.24, 2.45) is 5.10 Å². The van der Waals surface area contributed by atoms with E-state index >= 15 is 0 Å². The van der Waals surface area contributed by atoms with Gasteiger partial charge in [0.25, 0.3) is 11.8 Å². The summed E-state index contributed by atoms with van der Waals surface area (Å²) in [6.07, 6.45) is 1.41. The van der Waals surface area contributed by atoms with Crippen molar-refractivity contribution >= 4 is 39.6 Å². The fourth-order valence-corrected chi connectivity index (χ4v) is 2.75. The van der Waals surface area contributed by atoms with Crippen molar-refractivity contribution in [1.29, 1.82) is 0 Å². The Morgan fingerprint density at radius 3 is 2.59 bits per heavy atom. The normalized spacial score (nSPS) is 10.7. The van der Waals surface area contributed by atoms with Crippen LogP contribution in [0.1, 0.15) is 32.2 Å². The maximum Gasteiger partial charge on any atom is 0.273 e. The van der Waals surface area contributed by atoms with E-state index in [0.717, 1.165) is 10.2 Å². The maximum atomic E-state index is 12.4. The standard InChI is InChI=1S/C20H16BrN3O3/c1-13-9-10-16(27-13)12-22-24-20(26)17-7-2-3-8-18(17)23-19(25)14-5-4-6-15(21)11-14/h2-12H,1H3,(H,23,25)(H,24,26)/b22-12-. The molecule has 2 N–H and O–H groups in total. The van der Waals surface area contributed by atoms with Crippen LogP contribution in [0.15, 0.2) is 74.7 Å². The van der Waals surface area contributed by atoms with Crippen molar-refractivity contribution in [2.45, 2.75) is 6.92 Å². The molecule has 7 heteroatoms. The van der Waals surface area contributed by atoms with Crippen molar-refractivity contribution < 1.29 is 14.0 Å². The second-order valence-corrected chi connectivity index (χ2v) is 6.57. The quantitative estimate of drug-likeness (QED) is 0.470. The number of carbonyl (C=O) groups excluding carboxylic acids is 2. The molecule has 6 nitrogen and oxygen atoms in total. The highest BCUT2D eigenvalue weighted by molar-refractivity contribution is 9.10. The minimum Gasteiger partial charge on any atom is -0.460 e. The largest absolute Gasteiger partial charge is 0.460 e. The molecule has 3 rings (SSSR count). The molecule has 2 amide bonds. The van der Waals surface area contributed by atoms with E-state index in [2.05, 4.69) is 31.8 Å². The van der Waals surface area contributed by atoms with Crippen LogP contribution in [0.3, 0.4) is 0 Å². The summed E-state index contributed by atoms with van der Waals surface area (Å²) in [5, 5.41) is 6.64. The third kappa shape index (κ3) is 4.92. The van der Waals surface area contributed by atoms with Crippen molar-refractivity contribution in [2.75, 3.05) is 5.32 Å². The summed E-state index contributed by atoms with van der Waals surface area (Å²) in [6.45, 7) is 1.82. The molecule has 0 aliphatic carbocycles. The van der Waals surface area contributed by atoms with Gasteiger partial charge in [-0.15, -0.1) is 0 Å². The fourth-order valence-electron chi connectivity index (χ4n) is 2.35. The van der Waals surface area contributed by atoms with Crippen LogP contribution in [0.5, 0.6) is 0 Å². The third-order valence-corrected chi connectivity index (χ3v) is 4.12. The summed E-state index contributed by atoms with van der Waals surface area (Å²) in [5.41, 5.74) is 3.60. The summed E-state index contributed by atoms with van der Waals surface area (Å²) in [4.78, 5) is 24.9. The van der Waals surface area contributed by atoms with Gasteiger partial charge in [-0.3, -0.25) is 9.59 Å². The predicted octanol–water partition coefficient (Wildman–Crippen LogP) is 4.37. The average Bonchev–Trinajstić information content (AvgIpc) is 3.07. The Kier molecular flexibility index (Phi) is 5.83. The Bertz CT molecular complexity index is 1010. The Hall–Kier alpha value is -3.19. The van der Waals surface area contributed by atoms with Crippen LogP contribution in [0.25, 0.3) is 0 Å². The summed E-state index contributed by atoms with van der Waals surface area (Å²) in [7, 11) is 0. The second-order valence-electron chi connectivity index (χ2n) is 5.66. The van der Waals surface area contributed by atoms with Crippen molar-refractivity contribution in [3.05, 3.63) is 87.8 Å². The number of amides is 2. The number of hydrazone groups is 1. The molecule has 0 saturated heterocycles. The smallest absolute Gasteiger partial charge is 0.273 e. The topological polar surface area (TPSA) is 83.7 Å². The molecular formula is C20H16BrN3O3. The molecule has 0 atom stereocenters. The van der Waals surface area contributed by atoms with Crippen LogP contribution in [0.2, 0.25) is 0 Å². The van der Waals surface area contributed by atoms with Gasteiger partial charge in [0.2, 0.25) is 0 Å². The SMILES string of the molecule is Cc1ccc(/C=N\NC(=O)c2ccccc2NC(=O)c2cccc(Br)c2)o1. The number of para-hydroxylation sites is 1. The van der Waals surface area contributed by atoms with Gasteiger partial charge in [-0.25, -0.2) is 5.43 Å². The van der Waals surface area contributed by atoms with Crippen LogP contribution >= 0.6 is 15.9 Å². The minimum atomic E-state index is -0.445. The molecule has 0 unspecified atom stereocenters. The minimum absolute atomic E-state index is 0.300. The first-order valence-corrected chi connectivity index (χ1v) is 8.88.